The summed E-state index contributed by atoms with van der Waals surface area (Å²) in [7, 11) is 0. The van der Waals surface area contributed by atoms with Crippen LogP contribution in [-0.2, 0) is 11.3 Å². The first-order valence-electron chi connectivity index (χ1n) is 7.19. The first kappa shape index (κ1) is 16.7. The van der Waals surface area contributed by atoms with Crippen LogP contribution in [0.25, 0.3) is 0 Å². The van der Waals surface area contributed by atoms with Gasteiger partial charge in [0.2, 0.25) is 0 Å². The molecule has 0 spiro atoms. The molecule has 1 amide bonds. The van der Waals surface area contributed by atoms with E-state index in [1.54, 1.807) is 19.1 Å². The van der Waals surface area contributed by atoms with Crippen LogP contribution in [0.3, 0.4) is 0 Å². The Morgan fingerprint density at radius 3 is 2.91 bits per heavy atom. The minimum absolute atomic E-state index is 0.0225. The molecule has 0 saturated carbocycles. The van der Waals surface area contributed by atoms with E-state index in [9.17, 15) is 14.0 Å². The Labute approximate surface area is 132 Å². The van der Waals surface area contributed by atoms with Crippen LogP contribution in [0.15, 0.2) is 41.6 Å². The lowest BCUT2D eigenvalue weighted by molar-refractivity contribution is -0.127. The zero-order valence-corrected chi connectivity index (χ0v) is 13.0. The molecule has 1 aromatic heterocycles. The molecule has 0 saturated heterocycles. The SMILES string of the molecule is Cc1cncn(CCNC(=O)C(C)Oc2ccccc2F)c1=O. The quantitative estimate of drug-likeness (QED) is 0.870. The third-order valence-electron chi connectivity index (χ3n) is 3.23. The van der Waals surface area contributed by atoms with E-state index >= 15 is 0 Å². The molecule has 0 radical (unpaired) electrons. The summed E-state index contributed by atoms with van der Waals surface area (Å²) in [6, 6.07) is 5.88. The van der Waals surface area contributed by atoms with Gasteiger partial charge in [0.05, 0.1) is 6.33 Å². The molecular weight excluding hydrogens is 301 g/mol. The lowest BCUT2D eigenvalue weighted by atomic mass is 10.3. The minimum Gasteiger partial charge on any atom is -0.478 e. The molecule has 0 bridgehead atoms. The fraction of sp³-hybridized carbons (Fsp3) is 0.312. The van der Waals surface area contributed by atoms with Crippen molar-refractivity contribution in [1.29, 1.82) is 0 Å². The molecule has 0 aliphatic carbocycles. The maximum absolute atomic E-state index is 13.5. The van der Waals surface area contributed by atoms with Crippen LogP contribution in [0.1, 0.15) is 12.5 Å². The molecule has 7 heteroatoms. The Bertz CT molecular complexity index is 745. The average Bonchev–Trinajstić information content (AvgIpc) is 2.53. The number of aryl methyl sites for hydroxylation is 1. The van der Waals surface area contributed by atoms with Gasteiger partial charge in [-0.3, -0.25) is 14.2 Å². The second-order valence-electron chi connectivity index (χ2n) is 5.06. The van der Waals surface area contributed by atoms with Crippen LogP contribution in [0.2, 0.25) is 0 Å². The summed E-state index contributed by atoms with van der Waals surface area (Å²) < 4.78 is 20.2. The number of para-hydroxylation sites is 1. The second-order valence-corrected chi connectivity index (χ2v) is 5.06. The van der Waals surface area contributed by atoms with Crippen molar-refractivity contribution in [3.05, 3.63) is 58.5 Å². The fourth-order valence-corrected chi connectivity index (χ4v) is 1.95. The van der Waals surface area contributed by atoms with Gasteiger partial charge in [-0.15, -0.1) is 0 Å². The van der Waals surface area contributed by atoms with Crippen molar-refractivity contribution in [1.82, 2.24) is 14.9 Å². The van der Waals surface area contributed by atoms with Gasteiger partial charge in [0.25, 0.3) is 11.5 Å². The van der Waals surface area contributed by atoms with Crippen molar-refractivity contribution >= 4 is 5.91 Å². The van der Waals surface area contributed by atoms with Crippen LogP contribution < -0.4 is 15.6 Å². The molecule has 0 aliphatic rings. The van der Waals surface area contributed by atoms with E-state index in [0.717, 1.165) is 0 Å². The van der Waals surface area contributed by atoms with E-state index < -0.39 is 11.9 Å². The Kier molecular flexibility index (Phi) is 5.46. The molecule has 1 N–H and O–H groups in total. The molecule has 2 aromatic rings. The van der Waals surface area contributed by atoms with E-state index in [0.29, 0.717) is 12.1 Å². The van der Waals surface area contributed by atoms with Gasteiger partial charge < -0.3 is 10.1 Å². The van der Waals surface area contributed by atoms with Crippen molar-refractivity contribution in [2.45, 2.75) is 26.5 Å². The first-order valence-corrected chi connectivity index (χ1v) is 7.19. The van der Waals surface area contributed by atoms with Crippen molar-refractivity contribution < 1.29 is 13.9 Å². The van der Waals surface area contributed by atoms with Crippen LogP contribution in [0, 0.1) is 12.7 Å². The molecule has 1 unspecified atom stereocenters. The zero-order chi connectivity index (χ0) is 16.8. The number of amides is 1. The number of hydrogen-bond acceptors (Lipinski definition) is 4. The Morgan fingerprint density at radius 1 is 1.43 bits per heavy atom. The number of aromatic nitrogens is 2. The molecule has 1 atom stereocenters. The molecule has 1 aromatic carbocycles. The molecule has 6 nitrogen and oxygen atoms in total. The zero-order valence-electron chi connectivity index (χ0n) is 13.0. The summed E-state index contributed by atoms with van der Waals surface area (Å²) in [6.45, 7) is 3.75. The molecule has 2 rings (SSSR count). The number of rotatable bonds is 6. The topological polar surface area (TPSA) is 73.2 Å². The lowest BCUT2D eigenvalue weighted by Crippen LogP contribution is -2.39. The summed E-state index contributed by atoms with van der Waals surface area (Å²) in [5.41, 5.74) is 0.389. The fourth-order valence-electron chi connectivity index (χ4n) is 1.95. The molecular formula is C16H18FN3O3. The maximum atomic E-state index is 13.5. The molecule has 122 valence electrons. The Morgan fingerprint density at radius 2 is 2.17 bits per heavy atom. The minimum atomic E-state index is -0.848. The van der Waals surface area contributed by atoms with Crippen LogP contribution >= 0.6 is 0 Å². The molecule has 0 fully saturated rings. The highest BCUT2D eigenvalue weighted by Gasteiger charge is 2.15. The highest BCUT2D eigenvalue weighted by Crippen LogP contribution is 2.16. The summed E-state index contributed by atoms with van der Waals surface area (Å²) in [5, 5.41) is 2.64. The van der Waals surface area contributed by atoms with E-state index in [1.165, 1.54) is 36.1 Å². The highest BCUT2D eigenvalue weighted by atomic mass is 19.1. The monoisotopic (exact) mass is 319 g/mol. The number of carbonyl (C=O) groups excluding carboxylic acids is 1. The lowest BCUT2D eigenvalue weighted by Gasteiger charge is -2.15. The summed E-state index contributed by atoms with van der Waals surface area (Å²) in [5.74, 6) is -0.888. The second kappa shape index (κ2) is 7.53. The van der Waals surface area contributed by atoms with Gasteiger partial charge in [0.15, 0.2) is 17.7 Å². The predicted octanol–water partition coefficient (Wildman–Crippen LogP) is 1.27. The number of hydrogen-bond donors (Lipinski definition) is 1. The first-order chi connectivity index (χ1) is 11.0. The van der Waals surface area contributed by atoms with E-state index in [4.69, 9.17) is 4.74 Å². The third kappa shape index (κ3) is 4.38. The van der Waals surface area contributed by atoms with Gasteiger partial charge in [-0.1, -0.05) is 12.1 Å². The average molecular weight is 319 g/mol. The van der Waals surface area contributed by atoms with Crippen LogP contribution in [0.5, 0.6) is 5.75 Å². The smallest absolute Gasteiger partial charge is 0.260 e. The van der Waals surface area contributed by atoms with Crippen LogP contribution in [0.4, 0.5) is 4.39 Å². The molecule has 0 aliphatic heterocycles. The number of nitrogens with zero attached hydrogens (tertiary/aromatic N) is 2. The van der Waals surface area contributed by atoms with Crippen molar-refractivity contribution in [3.63, 3.8) is 0 Å². The van der Waals surface area contributed by atoms with Crippen molar-refractivity contribution in [3.8, 4) is 5.75 Å². The Hall–Kier alpha value is -2.70. The van der Waals surface area contributed by atoms with E-state index in [1.807, 2.05) is 0 Å². The third-order valence-corrected chi connectivity index (χ3v) is 3.23. The normalized spacial score (nSPS) is 11.8. The van der Waals surface area contributed by atoms with Gasteiger partial charge in [-0.05, 0) is 26.0 Å². The number of ether oxygens (including phenoxy) is 1. The predicted molar refractivity (Wildman–Crippen MR) is 82.7 cm³/mol. The summed E-state index contributed by atoms with van der Waals surface area (Å²) >= 11 is 0. The Balaban J connectivity index is 1.86. The molecule has 1 heterocycles. The van der Waals surface area contributed by atoms with Gasteiger partial charge >= 0.3 is 0 Å². The van der Waals surface area contributed by atoms with Crippen molar-refractivity contribution in [2.24, 2.45) is 0 Å². The number of halogens is 1. The van der Waals surface area contributed by atoms with Crippen LogP contribution in [-0.4, -0.2) is 28.1 Å². The highest BCUT2D eigenvalue weighted by molar-refractivity contribution is 5.80. The van der Waals surface area contributed by atoms with Gasteiger partial charge in [-0.2, -0.15) is 0 Å². The number of benzene rings is 1. The van der Waals surface area contributed by atoms with E-state index in [-0.39, 0.29) is 23.8 Å². The summed E-state index contributed by atoms with van der Waals surface area (Å²) in [4.78, 5) is 27.7. The summed E-state index contributed by atoms with van der Waals surface area (Å²) in [6.07, 6.45) is 2.06. The van der Waals surface area contributed by atoms with Crippen molar-refractivity contribution in [2.75, 3.05) is 6.54 Å². The number of nitrogens with one attached hydrogen (secondary N) is 1. The van der Waals surface area contributed by atoms with Gasteiger partial charge in [0.1, 0.15) is 0 Å². The molecule has 23 heavy (non-hydrogen) atoms. The van der Waals surface area contributed by atoms with Gasteiger partial charge in [0, 0.05) is 24.8 Å². The van der Waals surface area contributed by atoms with E-state index in [2.05, 4.69) is 10.3 Å². The largest absolute Gasteiger partial charge is 0.478 e. The maximum Gasteiger partial charge on any atom is 0.260 e. The number of carbonyl (C=O) groups is 1. The van der Waals surface area contributed by atoms with Gasteiger partial charge in [-0.25, -0.2) is 9.37 Å². The standard InChI is InChI=1S/C16H18FN3O3/c1-11-9-18-10-20(16(11)22)8-7-19-15(21)12(2)23-14-6-4-3-5-13(14)17/h3-6,9-10,12H,7-8H2,1-2H3,(H,19,21).